The number of hydrogen-bond acceptors (Lipinski definition) is 4. The molecule has 0 spiro atoms. The predicted octanol–water partition coefficient (Wildman–Crippen LogP) is -0.376. The summed E-state index contributed by atoms with van der Waals surface area (Å²) in [6, 6.07) is -0.529. The Balaban J connectivity index is 2.37. The highest BCUT2D eigenvalue weighted by atomic mass is 79.9. The van der Waals surface area contributed by atoms with Crippen molar-refractivity contribution in [3.8, 4) is 0 Å². The number of fused-ring (bicyclic) bond motifs is 2. The summed E-state index contributed by atoms with van der Waals surface area (Å²) in [5.74, 6) is 0. The van der Waals surface area contributed by atoms with E-state index in [0.717, 1.165) is 8.96 Å². The van der Waals surface area contributed by atoms with E-state index in [4.69, 9.17) is 0 Å². The molecule has 92 valence electrons. The van der Waals surface area contributed by atoms with Crippen LogP contribution in [0.4, 0.5) is 0 Å². The predicted molar refractivity (Wildman–Crippen MR) is 71.6 cm³/mol. The van der Waals surface area contributed by atoms with Gasteiger partial charge in [-0.25, -0.2) is 4.79 Å². The van der Waals surface area contributed by atoms with E-state index < -0.39 is 11.2 Å². The number of nitrogens with one attached hydrogen (secondary N) is 2. The Hall–Kier alpha value is -1.28. The number of aromatic nitrogens is 2. The Kier molecular flexibility index (Phi) is 2.70. The van der Waals surface area contributed by atoms with E-state index >= 15 is 0 Å². The maximum absolute atomic E-state index is 11.7. The first kappa shape index (κ1) is 11.8. The van der Waals surface area contributed by atoms with Gasteiger partial charge >= 0.3 is 5.69 Å². The second-order valence-corrected chi connectivity index (χ2v) is 5.69. The molecule has 2 aliphatic rings. The van der Waals surface area contributed by atoms with Gasteiger partial charge in [-0.1, -0.05) is 31.9 Å². The molecule has 2 heterocycles. The van der Waals surface area contributed by atoms with Gasteiger partial charge in [0, 0.05) is 8.96 Å². The van der Waals surface area contributed by atoms with Gasteiger partial charge in [-0.05, 0) is 12.2 Å². The second-order valence-electron chi connectivity index (χ2n) is 3.86. The lowest BCUT2D eigenvalue weighted by molar-refractivity contribution is 0.616. The largest absolute Gasteiger partial charge is 0.327 e. The monoisotopic (exact) mass is 372 g/mol. The Morgan fingerprint density at radius 2 is 1.61 bits per heavy atom. The van der Waals surface area contributed by atoms with Crippen molar-refractivity contribution in [3.05, 3.63) is 52.8 Å². The summed E-state index contributed by atoms with van der Waals surface area (Å²) in [5, 5.41) is 0.156. The van der Waals surface area contributed by atoms with Crippen LogP contribution >= 0.6 is 31.9 Å². The molecule has 0 saturated heterocycles. The average molecular weight is 374 g/mol. The van der Waals surface area contributed by atoms with Gasteiger partial charge in [0.2, 0.25) is 0 Å². The maximum Gasteiger partial charge on any atom is 0.327 e. The second kappa shape index (κ2) is 4.13. The fourth-order valence-electron chi connectivity index (χ4n) is 1.88. The van der Waals surface area contributed by atoms with E-state index in [1.165, 1.54) is 0 Å². The number of allylic oxidation sites excluding steroid dienone is 2. The number of hydrogen-bond donors (Lipinski definition) is 2. The Morgan fingerprint density at radius 1 is 1.00 bits per heavy atom. The summed E-state index contributed by atoms with van der Waals surface area (Å²) in [4.78, 5) is 36.2. The standard InChI is InChI=1S/C10H6Br2N4O2/c11-3-1-2-4(12)6-5(3)13-7-8(14-6)15-10(18)16-9(7)17/h1-2,5-6H,(H2,14,15,16,17,18)/t5-,6+/m0/s1. The van der Waals surface area contributed by atoms with Crippen molar-refractivity contribution in [1.82, 2.24) is 9.97 Å². The van der Waals surface area contributed by atoms with Gasteiger partial charge in [0.1, 0.15) is 12.1 Å². The number of H-pyrrole nitrogens is 2. The van der Waals surface area contributed by atoms with Crippen LogP contribution in [0.15, 0.2) is 40.7 Å². The molecule has 0 radical (unpaired) electrons. The van der Waals surface area contributed by atoms with Crippen LogP contribution in [0.3, 0.4) is 0 Å². The smallest absolute Gasteiger partial charge is 0.290 e. The molecule has 1 aromatic heterocycles. The zero-order valence-electron chi connectivity index (χ0n) is 8.78. The zero-order chi connectivity index (χ0) is 12.9. The van der Waals surface area contributed by atoms with Crippen LogP contribution < -0.4 is 22.1 Å². The van der Waals surface area contributed by atoms with Crippen molar-refractivity contribution >= 4 is 31.9 Å². The highest BCUT2D eigenvalue weighted by Gasteiger charge is 2.30. The third-order valence-electron chi connectivity index (χ3n) is 2.70. The maximum atomic E-state index is 11.7. The minimum absolute atomic E-state index is 0.156. The van der Waals surface area contributed by atoms with Gasteiger partial charge in [0.15, 0.2) is 10.8 Å². The van der Waals surface area contributed by atoms with Gasteiger partial charge in [-0.15, -0.1) is 0 Å². The molecule has 0 aromatic carbocycles. The fourth-order valence-corrected chi connectivity index (χ4v) is 2.85. The van der Waals surface area contributed by atoms with Crippen LogP contribution in [0.1, 0.15) is 0 Å². The van der Waals surface area contributed by atoms with Crippen LogP contribution in [0.2, 0.25) is 0 Å². The van der Waals surface area contributed by atoms with Crippen molar-refractivity contribution in [3.63, 3.8) is 0 Å². The molecule has 6 nitrogen and oxygen atoms in total. The van der Waals surface area contributed by atoms with Crippen molar-refractivity contribution in [2.24, 2.45) is 9.98 Å². The Bertz CT molecular complexity index is 818. The summed E-state index contributed by atoms with van der Waals surface area (Å²) in [6.45, 7) is 0. The molecule has 1 aliphatic heterocycles. The van der Waals surface area contributed by atoms with Gasteiger partial charge in [0.25, 0.3) is 5.56 Å². The highest BCUT2D eigenvalue weighted by molar-refractivity contribution is 9.12. The van der Waals surface area contributed by atoms with Gasteiger partial charge in [-0.3, -0.25) is 24.7 Å². The van der Waals surface area contributed by atoms with Crippen LogP contribution in [-0.4, -0.2) is 22.1 Å². The normalized spacial score (nSPS) is 25.0. The lowest BCUT2D eigenvalue weighted by atomic mass is 10.0. The van der Waals surface area contributed by atoms with E-state index in [-0.39, 0.29) is 22.9 Å². The molecule has 0 unspecified atom stereocenters. The van der Waals surface area contributed by atoms with Gasteiger partial charge in [-0.2, -0.15) is 0 Å². The molecule has 0 bridgehead atoms. The molecule has 2 N–H and O–H groups in total. The molecule has 1 aromatic rings. The number of rotatable bonds is 0. The molecule has 18 heavy (non-hydrogen) atoms. The molecular formula is C10H6Br2N4O2. The average Bonchev–Trinajstić information content (AvgIpc) is 2.32. The number of halogens is 2. The first-order chi connectivity index (χ1) is 8.56. The molecule has 8 heteroatoms. The Labute approximate surface area is 117 Å². The minimum atomic E-state index is -0.582. The summed E-state index contributed by atoms with van der Waals surface area (Å²) < 4.78 is 1.70. The summed E-state index contributed by atoms with van der Waals surface area (Å²) in [7, 11) is 0. The van der Waals surface area contributed by atoms with Crippen molar-refractivity contribution in [2.75, 3.05) is 0 Å². The third kappa shape index (κ3) is 1.76. The van der Waals surface area contributed by atoms with Gasteiger partial charge < -0.3 is 0 Å². The van der Waals surface area contributed by atoms with Gasteiger partial charge in [0.05, 0.1) is 0 Å². The van der Waals surface area contributed by atoms with E-state index in [1.807, 2.05) is 12.2 Å². The SMILES string of the molecule is O=c1[nH]c(=O)c2c([nH]1)=N[C@@H]1C(Br)=CC=C(Br)[C@@H]1N=2. The highest BCUT2D eigenvalue weighted by Crippen LogP contribution is 2.31. The first-order valence-electron chi connectivity index (χ1n) is 5.07. The van der Waals surface area contributed by atoms with Crippen molar-refractivity contribution in [1.29, 1.82) is 0 Å². The van der Waals surface area contributed by atoms with Crippen LogP contribution in [0, 0.1) is 0 Å². The van der Waals surface area contributed by atoms with E-state index in [1.54, 1.807) is 0 Å². The quantitative estimate of drug-likeness (QED) is 0.649. The fraction of sp³-hybridized carbons (Fsp3) is 0.200. The van der Waals surface area contributed by atoms with Crippen LogP contribution in [0.25, 0.3) is 0 Å². The molecule has 0 saturated carbocycles. The van der Waals surface area contributed by atoms with E-state index in [2.05, 4.69) is 51.8 Å². The summed E-state index contributed by atoms with van der Waals surface area (Å²) >= 11 is 6.82. The van der Waals surface area contributed by atoms with Crippen molar-refractivity contribution in [2.45, 2.75) is 12.1 Å². The van der Waals surface area contributed by atoms with Crippen molar-refractivity contribution < 1.29 is 0 Å². The van der Waals surface area contributed by atoms with Crippen LogP contribution in [-0.2, 0) is 0 Å². The summed E-state index contributed by atoms with van der Waals surface area (Å²) in [5.41, 5.74) is -0.888. The molecule has 1 aliphatic carbocycles. The molecular weight excluding hydrogens is 368 g/mol. The topological polar surface area (TPSA) is 90.4 Å². The molecule has 0 amide bonds. The Morgan fingerprint density at radius 3 is 2.28 bits per heavy atom. The van der Waals surface area contributed by atoms with E-state index in [9.17, 15) is 9.59 Å². The minimum Gasteiger partial charge on any atom is -0.290 e. The number of aromatic amines is 2. The lowest BCUT2D eigenvalue weighted by Gasteiger charge is -2.25. The first-order valence-corrected chi connectivity index (χ1v) is 6.66. The summed E-state index contributed by atoms with van der Waals surface area (Å²) in [6.07, 6.45) is 3.72. The third-order valence-corrected chi connectivity index (χ3v) is 4.17. The molecule has 2 atom stereocenters. The molecule has 3 rings (SSSR count). The lowest BCUT2D eigenvalue weighted by Crippen LogP contribution is -2.53. The molecule has 0 fully saturated rings. The van der Waals surface area contributed by atoms with Crippen LogP contribution in [0.5, 0.6) is 0 Å². The zero-order valence-corrected chi connectivity index (χ0v) is 11.9. The number of nitrogens with zero attached hydrogens (tertiary/aromatic N) is 2. The van der Waals surface area contributed by atoms with E-state index in [0.29, 0.717) is 0 Å².